The molecule has 11 heteroatoms. The quantitative estimate of drug-likeness (QED) is 0.519. The Balaban J connectivity index is 1.61. The lowest BCUT2D eigenvalue weighted by Gasteiger charge is -2.34. The zero-order valence-electron chi connectivity index (χ0n) is 18.9. The predicted octanol–water partition coefficient (Wildman–Crippen LogP) is 3.84. The monoisotopic (exact) mass is 513 g/mol. The van der Waals surface area contributed by atoms with Crippen LogP contribution in [0.3, 0.4) is 0 Å². The zero-order valence-corrected chi connectivity index (χ0v) is 21.2. The van der Waals surface area contributed by atoms with Gasteiger partial charge in [0.05, 0.1) is 22.3 Å². The molecule has 3 rings (SSSR count). The fourth-order valence-corrected chi connectivity index (χ4v) is 4.57. The number of ether oxygens (including phenoxy) is 1. The summed E-state index contributed by atoms with van der Waals surface area (Å²) < 4.78 is 5.16. The van der Waals surface area contributed by atoms with Crippen LogP contribution < -0.4 is 5.32 Å². The summed E-state index contributed by atoms with van der Waals surface area (Å²) in [5.74, 6) is -0.172. The van der Waals surface area contributed by atoms with Crippen molar-refractivity contribution in [2.24, 2.45) is 0 Å². The SMILES string of the molecule is CCN1CCN(C(=O)CCN(CCOC)C(=O)c2csc(Nc3cccc(Cl)c3Cl)n2)CC1. The van der Waals surface area contributed by atoms with E-state index in [-0.39, 0.29) is 18.2 Å². The number of likely N-dealkylation sites (N-methyl/N-ethyl adjacent to an activating group) is 1. The van der Waals surface area contributed by atoms with Crippen molar-refractivity contribution in [3.8, 4) is 0 Å². The molecule has 2 amide bonds. The van der Waals surface area contributed by atoms with Crippen LogP contribution in [0, 0.1) is 0 Å². The highest BCUT2D eigenvalue weighted by molar-refractivity contribution is 7.14. The van der Waals surface area contributed by atoms with Crippen LogP contribution in [0.5, 0.6) is 0 Å². The van der Waals surface area contributed by atoms with Crippen molar-refractivity contribution >= 4 is 57.2 Å². The van der Waals surface area contributed by atoms with Crippen molar-refractivity contribution in [2.45, 2.75) is 13.3 Å². The number of aromatic nitrogens is 1. The van der Waals surface area contributed by atoms with Crippen molar-refractivity contribution in [1.82, 2.24) is 19.7 Å². The van der Waals surface area contributed by atoms with Gasteiger partial charge in [-0.2, -0.15) is 0 Å². The molecule has 0 unspecified atom stereocenters. The van der Waals surface area contributed by atoms with Gasteiger partial charge in [-0.1, -0.05) is 36.2 Å². The number of carbonyl (C=O) groups is 2. The Morgan fingerprint density at radius 2 is 1.97 bits per heavy atom. The largest absolute Gasteiger partial charge is 0.383 e. The van der Waals surface area contributed by atoms with Crippen LogP contribution in [-0.4, -0.2) is 91.0 Å². The molecule has 1 saturated heterocycles. The molecule has 0 radical (unpaired) electrons. The predicted molar refractivity (Wildman–Crippen MR) is 133 cm³/mol. The van der Waals surface area contributed by atoms with Crippen molar-refractivity contribution in [2.75, 3.05) is 64.8 Å². The second-order valence-electron chi connectivity index (χ2n) is 7.61. The maximum atomic E-state index is 13.1. The van der Waals surface area contributed by atoms with Crippen molar-refractivity contribution < 1.29 is 14.3 Å². The van der Waals surface area contributed by atoms with Crippen LogP contribution in [0.25, 0.3) is 0 Å². The third kappa shape index (κ3) is 7.04. The van der Waals surface area contributed by atoms with Crippen LogP contribution in [0.4, 0.5) is 10.8 Å². The maximum Gasteiger partial charge on any atom is 0.273 e. The molecule has 2 aromatic rings. The molecule has 1 N–H and O–H groups in total. The van der Waals surface area contributed by atoms with E-state index in [0.717, 1.165) is 32.7 Å². The first kappa shape index (κ1) is 25.7. The number of carbonyl (C=O) groups excluding carboxylic acids is 2. The Morgan fingerprint density at radius 3 is 2.67 bits per heavy atom. The molecule has 8 nitrogen and oxygen atoms in total. The number of nitrogens with zero attached hydrogens (tertiary/aromatic N) is 4. The average molecular weight is 514 g/mol. The number of amides is 2. The van der Waals surface area contributed by atoms with Gasteiger partial charge in [-0.25, -0.2) is 4.98 Å². The van der Waals surface area contributed by atoms with Gasteiger partial charge < -0.3 is 24.8 Å². The highest BCUT2D eigenvalue weighted by Gasteiger charge is 2.23. The van der Waals surface area contributed by atoms with E-state index >= 15 is 0 Å². The van der Waals surface area contributed by atoms with Crippen LogP contribution >= 0.6 is 34.5 Å². The summed E-state index contributed by atoms with van der Waals surface area (Å²) in [5, 5.41) is 6.14. The molecular formula is C22H29Cl2N5O3S. The summed E-state index contributed by atoms with van der Waals surface area (Å²) in [6.07, 6.45) is 0.273. The first-order chi connectivity index (χ1) is 15.9. The van der Waals surface area contributed by atoms with Gasteiger partial charge in [-0.05, 0) is 18.7 Å². The molecule has 2 heterocycles. The fourth-order valence-electron chi connectivity index (χ4n) is 3.53. The van der Waals surface area contributed by atoms with E-state index < -0.39 is 0 Å². The van der Waals surface area contributed by atoms with Crippen LogP contribution in [-0.2, 0) is 9.53 Å². The average Bonchev–Trinajstić information content (AvgIpc) is 3.30. The van der Waals surface area contributed by atoms with E-state index in [2.05, 4.69) is 22.1 Å². The maximum absolute atomic E-state index is 13.1. The zero-order chi connectivity index (χ0) is 23.8. The fraction of sp³-hybridized carbons (Fsp3) is 0.500. The van der Waals surface area contributed by atoms with Gasteiger partial charge in [0.15, 0.2) is 5.13 Å². The van der Waals surface area contributed by atoms with Crippen molar-refractivity contribution in [3.05, 3.63) is 39.3 Å². The summed E-state index contributed by atoms with van der Waals surface area (Å²) >= 11 is 13.6. The number of rotatable bonds is 10. The molecule has 1 aromatic heterocycles. The smallest absolute Gasteiger partial charge is 0.273 e. The number of methoxy groups -OCH3 is 1. The van der Waals surface area contributed by atoms with Gasteiger partial charge in [0, 0.05) is 58.2 Å². The Bertz CT molecular complexity index is 950. The third-order valence-electron chi connectivity index (χ3n) is 5.54. The molecule has 1 aliphatic heterocycles. The van der Waals surface area contributed by atoms with E-state index in [1.54, 1.807) is 35.6 Å². The topological polar surface area (TPSA) is 78.0 Å². The Morgan fingerprint density at radius 1 is 1.21 bits per heavy atom. The van der Waals surface area contributed by atoms with Crippen molar-refractivity contribution in [3.63, 3.8) is 0 Å². The van der Waals surface area contributed by atoms with E-state index in [4.69, 9.17) is 27.9 Å². The summed E-state index contributed by atoms with van der Waals surface area (Å²) in [5.41, 5.74) is 0.920. The highest BCUT2D eigenvalue weighted by atomic mass is 35.5. The number of piperazine rings is 1. The van der Waals surface area contributed by atoms with Crippen LogP contribution in [0.1, 0.15) is 23.8 Å². The number of thiazole rings is 1. The Kier molecular flexibility index (Phi) is 9.76. The molecule has 33 heavy (non-hydrogen) atoms. The number of hydrogen-bond donors (Lipinski definition) is 1. The first-order valence-electron chi connectivity index (χ1n) is 10.9. The second kappa shape index (κ2) is 12.5. The summed E-state index contributed by atoms with van der Waals surface area (Å²) in [6, 6.07) is 5.26. The lowest BCUT2D eigenvalue weighted by atomic mass is 10.2. The van der Waals surface area contributed by atoms with Crippen LogP contribution in [0.2, 0.25) is 10.0 Å². The van der Waals surface area contributed by atoms with Gasteiger partial charge in [0.25, 0.3) is 5.91 Å². The van der Waals surface area contributed by atoms with E-state index in [0.29, 0.717) is 46.3 Å². The molecule has 0 atom stereocenters. The van der Waals surface area contributed by atoms with Gasteiger partial charge in [0.1, 0.15) is 5.69 Å². The van der Waals surface area contributed by atoms with E-state index in [9.17, 15) is 9.59 Å². The standard InChI is InChI=1S/C22H29Cl2N5O3S/c1-3-27-9-11-28(12-10-27)19(30)7-8-29(13-14-32-2)21(31)18-15-33-22(26-18)25-17-6-4-5-16(23)20(17)24/h4-6,15H,3,7-14H2,1-2H3,(H,25,26). The number of hydrogen-bond acceptors (Lipinski definition) is 7. The van der Waals surface area contributed by atoms with E-state index in [1.807, 2.05) is 4.90 Å². The molecule has 1 aromatic carbocycles. The highest BCUT2D eigenvalue weighted by Crippen LogP contribution is 2.32. The lowest BCUT2D eigenvalue weighted by Crippen LogP contribution is -2.49. The summed E-state index contributed by atoms with van der Waals surface area (Å²) in [7, 11) is 1.58. The van der Waals surface area contributed by atoms with Gasteiger partial charge in [0.2, 0.25) is 5.91 Å². The third-order valence-corrected chi connectivity index (χ3v) is 7.11. The number of benzene rings is 1. The minimum atomic E-state index is -0.239. The number of halogens is 2. The molecule has 0 bridgehead atoms. The van der Waals surface area contributed by atoms with Crippen molar-refractivity contribution in [1.29, 1.82) is 0 Å². The minimum Gasteiger partial charge on any atom is -0.383 e. The first-order valence-corrected chi connectivity index (χ1v) is 12.5. The molecule has 0 saturated carbocycles. The normalized spacial score (nSPS) is 14.4. The van der Waals surface area contributed by atoms with E-state index in [1.165, 1.54) is 11.3 Å². The molecule has 0 aliphatic carbocycles. The molecular weight excluding hydrogens is 485 g/mol. The van der Waals surface area contributed by atoms with Crippen LogP contribution in [0.15, 0.2) is 23.6 Å². The lowest BCUT2D eigenvalue weighted by molar-refractivity contribution is -0.133. The number of anilines is 2. The summed E-state index contributed by atoms with van der Waals surface area (Å²) in [6.45, 7) is 7.43. The molecule has 180 valence electrons. The number of nitrogens with one attached hydrogen (secondary N) is 1. The Labute approximate surface area is 208 Å². The Hall–Kier alpha value is -1.91. The van der Waals surface area contributed by atoms with Gasteiger partial charge >= 0.3 is 0 Å². The minimum absolute atomic E-state index is 0.0669. The molecule has 1 aliphatic rings. The molecule has 1 fully saturated rings. The summed E-state index contributed by atoms with van der Waals surface area (Å²) in [4.78, 5) is 36.0. The van der Waals surface area contributed by atoms with Gasteiger partial charge in [-0.3, -0.25) is 9.59 Å². The second-order valence-corrected chi connectivity index (χ2v) is 9.26. The molecule has 0 spiro atoms. The van der Waals surface area contributed by atoms with Gasteiger partial charge in [-0.15, -0.1) is 11.3 Å².